The van der Waals surface area contributed by atoms with E-state index in [0.717, 1.165) is 18.4 Å². The third kappa shape index (κ3) is 6.88. The maximum Gasteiger partial charge on any atom is 0.0434 e. The average molecular weight is 221 g/mol. The minimum Gasteiger partial charge on any atom is -0.396 e. The molecule has 0 aliphatic rings. The Morgan fingerprint density at radius 1 is 1.38 bits per heavy atom. The van der Waals surface area contributed by atoms with Crippen LogP contribution in [-0.4, -0.2) is 11.7 Å². The van der Waals surface area contributed by atoms with Crippen molar-refractivity contribution in [2.24, 2.45) is 0 Å². The molecule has 0 atom stereocenters. The van der Waals surface area contributed by atoms with Crippen molar-refractivity contribution in [3.05, 3.63) is 34.4 Å². The molecule has 0 bridgehead atoms. The Morgan fingerprint density at radius 3 is 2.62 bits per heavy atom. The van der Waals surface area contributed by atoms with E-state index in [-0.39, 0.29) is 6.61 Å². The van der Waals surface area contributed by atoms with Gasteiger partial charge in [-0.3, -0.25) is 0 Å². The Bertz CT molecular complexity index is 217. The highest BCUT2D eigenvalue weighted by Crippen LogP contribution is 2.15. The van der Waals surface area contributed by atoms with Gasteiger partial charge in [-0.2, -0.15) is 0 Å². The molecule has 1 nitrogen and oxygen atoms in total. The number of aliphatic hydroxyl groups excluding tert-OH is 1. The van der Waals surface area contributed by atoms with E-state index < -0.39 is 0 Å². The zero-order valence-corrected chi connectivity index (χ0v) is 9.15. The molecule has 0 aliphatic heterocycles. The van der Waals surface area contributed by atoms with Gasteiger partial charge in [-0.15, -0.1) is 0 Å². The van der Waals surface area contributed by atoms with Gasteiger partial charge in [-0.25, -0.2) is 0 Å². The monoisotopic (exact) mass is 220 g/mol. The molecule has 0 heterocycles. The number of aliphatic hydroxyl groups is 1. The van der Waals surface area contributed by atoms with E-state index in [0.29, 0.717) is 5.03 Å². The number of rotatable bonds is 5. The van der Waals surface area contributed by atoms with Gasteiger partial charge in [-0.1, -0.05) is 40.9 Å². The molecule has 1 N–H and O–H groups in total. The molecular formula is C10H14Cl2O. The molecule has 0 aromatic heterocycles. The van der Waals surface area contributed by atoms with Gasteiger partial charge in [0.25, 0.3) is 0 Å². The summed E-state index contributed by atoms with van der Waals surface area (Å²) in [7, 11) is 0. The summed E-state index contributed by atoms with van der Waals surface area (Å²) in [6.07, 6.45) is 6.83. The smallest absolute Gasteiger partial charge is 0.0434 e. The van der Waals surface area contributed by atoms with E-state index in [1.54, 1.807) is 18.2 Å². The first-order chi connectivity index (χ1) is 6.22. The third-order valence-corrected chi connectivity index (χ3v) is 2.14. The van der Waals surface area contributed by atoms with Crippen molar-refractivity contribution in [2.45, 2.75) is 19.8 Å². The first kappa shape index (κ1) is 12.8. The predicted octanol–water partition coefficient (Wildman–Crippen LogP) is 3.58. The molecule has 0 spiro atoms. The van der Waals surface area contributed by atoms with E-state index in [9.17, 15) is 0 Å². The Labute approximate surface area is 89.4 Å². The van der Waals surface area contributed by atoms with Gasteiger partial charge in [0.1, 0.15) is 0 Å². The lowest BCUT2D eigenvalue weighted by Gasteiger charge is -1.99. The van der Waals surface area contributed by atoms with Crippen LogP contribution in [0, 0.1) is 0 Å². The quantitative estimate of drug-likeness (QED) is 0.703. The number of hydrogen-bond acceptors (Lipinski definition) is 1. The van der Waals surface area contributed by atoms with Crippen LogP contribution >= 0.6 is 23.2 Å². The maximum atomic E-state index is 8.60. The highest BCUT2D eigenvalue weighted by atomic mass is 35.5. The molecule has 0 radical (unpaired) electrons. The first-order valence-corrected chi connectivity index (χ1v) is 4.93. The van der Waals surface area contributed by atoms with E-state index in [1.807, 2.05) is 6.92 Å². The van der Waals surface area contributed by atoms with Crippen LogP contribution in [0.2, 0.25) is 0 Å². The first-order valence-electron chi connectivity index (χ1n) is 4.12. The van der Waals surface area contributed by atoms with Crippen LogP contribution in [0.15, 0.2) is 34.4 Å². The van der Waals surface area contributed by atoms with Gasteiger partial charge in [0.2, 0.25) is 0 Å². The standard InChI is InChI=1S/C10H14Cl2O/c1-9(5-4-8-13)10(12)6-2-3-7-11/h2-3,6-7,13H,4-5,8H2,1H3/b6-2-,7-3+,10-9-. The zero-order valence-electron chi connectivity index (χ0n) is 7.63. The Balaban J connectivity index is 4.09. The Hall–Kier alpha value is -0.240. The summed E-state index contributed by atoms with van der Waals surface area (Å²) in [5, 5.41) is 9.31. The second-order valence-corrected chi connectivity index (χ2v) is 3.29. The van der Waals surface area contributed by atoms with Crippen molar-refractivity contribution >= 4 is 23.2 Å². The maximum absolute atomic E-state index is 8.60. The molecule has 74 valence electrons. The SMILES string of the molecule is C\C(CCCO)=C(Cl)/C=C\C=C\Cl. The minimum atomic E-state index is 0.201. The molecule has 0 rings (SSSR count). The fourth-order valence-electron chi connectivity index (χ4n) is 0.788. The third-order valence-electron chi connectivity index (χ3n) is 1.54. The second-order valence-electron chi connectivity index (χ2n) is 2.63. The fraction of sp³-hybridized carbons (Fsp3) is 0.400. The molecule has 13 heavy (non-hydrogen) atoms. The lowest BCUT2D eigenvalue weighted by atomic mass is 10.1. The summed E-state index contributed by atoms with van der Waals surface area (Å²) < 4.78 is 0. The zero-order chi connectivity index (χ0) is 10.1. The van der Waals surface area contributed by atoms with Crippen LogP contribution in [0.1, 0.15) is 19.8 Å². The summed E-state index contributed by atoms with van der Waals surface area (Å²) in [6.45, 7) is 2.15. The molecular weight excluding hydrogens is 207 g/mol. The Morgan fingerprint density at radius 2 is 2.08 bits per heavy atom. The lowest BCUT2D eigenvalue weighted by molar-refractivity contribution is 0.288. The van der Waals surface area contributed by atoms with Crippen molar-refractivity contribution in [1.82, 2.24) is 0 Å². The summed E-state index contributed by atoms with van der Waals surface area (Å²) in [5.41, 5.74) is 2.50. The molecule has 0 aliphatic carbocycles. The van der Waals surface area contributed by atoms with Crippen LogP contribution in [0.5, 0.6) is 0 Å². The lowest BCUT2D eigenvalue weighted by Crippen LogP contribution is -1.85. The van der Waals surface area contributed by atoms with Crippen LogP contribution in [0.3, 0.4) is 0 Å². The van der Waals surface area contributed by atoms with Crippen LogP contribution in [-0.2, 0) is 0 Å². The summed E-state index contributed by atoms with van der Waals surface area (Å²) in [4.78, 5) is 0. The number of hydrogen-bond donors (Lipinski definition) is 1. The fourth-order valence-corrected chi connectivity index (χ4v) is 1.04. The second kappa shape index (κ2) is 8.36. The topological polar surface area (TPSA) is 20.2 Å². The summed E-state index contributed by atoms with van der Waals surface area (Å²) in [6, 6.07) is 0. The molecule has 0 amide bonds. The van der Waals surface area contributed by atoms with Gasteiger partial charge in [0.05, 0.1) is 0 Å². The van der Waals surface area contributed by atoms with Gasteiger partial charge in [0, 0.05) is 17.2 Å². The predicted molar refractivity (Wildman–Crippen MR) is 59.0 cm³/mol. The summed E-state index contributed by atoms with van der Waals surface area (Å²) >= 11 is 11.3. The molecule has 0 saturated heterocycles. The largest absolute Gasteiger partial charge is 0.396 e. The molecule has 0 saturated carbocycles. The number of allylic oxidation sites excluding steroid dienone is 5. The minimum absolute atomic E-state index is 0.201. The van der Waals surface area contributed by atoms with Crippen LogP contribution in [0.4, 0.5) is 0 Å². The van der Waals surface area contributed by atoms with E-state index in [2.05, 4.69) is 0 Å². The average Bonchev–Trinajstić information content (AvgIpc) is 2.14. The van der Waals surface area contributed by atoms with Crippen molar-refractivity contribution in [2.75, 3.05) is 6.61 Å². The van der Waals surface area contributed by atoms with Crippen LogP contribution < -0.4 is 0 Å². The Kier molecular flexibility index (Phi) is 8.21. The normalized spacial score (nSPS) is 14.2. The molecule has 0 aromatic carbocycles. The van der Waals surface area contributed by atoms with Gasteiger partial charge >= 0.3 is 0 Å². The molecule has 0 unspecified atom stereocenters. The highest BCUT2D eigenvalue weighted by Gasteiger charge is 1.94. The van der Waals surface area contributed by atoms with Crippen LogP contribution in [0.25, 0.3) is 0 Å². The number of halogens is 2. The van der Waals surface area contributed by atoms with E-state index in [4.69, 9.17) is 28.3 Å². The molecule has 0 fully saturated rings. The van der Waals surface area contributed by atoms with Gasteiger partial charge in [0.15, 0.2) is 0 Å². The van der Waals surface area contributed by atoms with Gasteiger partial charge in [-0.05, 0) is 25.8 Å². The van der Waals surface area contributed by atoms with E-state index in [1.165, 1.54) is 5.54 Å². The summed E-state index contributed by atoms with van der Waals surface area (Å²) in [5.74, 6) is 0. The van der Waals surface area contributed by atoms with Crippen molar-refractivity contribution < 1.29 is 5.11 Å². The van der Waals surface area contributed by atoms with Crippen molar-refractivity contribution in [1.29, 1.82) is 0 Å². The molecule has 0 aromatic rings. The highest BCUT2D eigenvalue weighted by molar-refractivity contribution is 6.31. The van der Waals surface area contributed by atoms with Crippen molar-refractivity contribution in [3.63, 3.8) is 0 Å². The molecule has 3 heteroatoms. The van der Waals surface area contributed by atoms with E-state index >= 15 is 0 Å². The van der Waals surface area contributed by atoms with Crippen molar-refractivity contribution in [3.8, 4) is 0 Å². The van der Waals surface area contributed by atoms with Gasteiger partial charge < -0.3 is 5.11 Å².